The van der Waals surface area contributed by atoms with E-state index in [9.17, 15) is 4.79 Å². The summed E-state index contributed by atoms with van der Waals surface area (Å²) in [6.45, 7) is 0.0378. The largest absolute Gasteiger partial charge is 0.484 e. The zero-order valence-electron chi connectivity index (χ0n) is 13.4. The van der Waals surface area contributed by atoms with Gasteiger partial charge in [-0.05, 0) is 43.0 Å². The molecular formula is C20H20N2O2. The Kier molecular flexibility index (Phi) is 3.95. The van der Waals surface area contributed by atoms with E-state index in [0.29, 0.717) is 5.75 Å². The number of ether oxygens (including phenoxy) is 1. The van der Waals surface area contributed by atoms with Gasteiger partial charge in [-0.3, -0.25) is 4.79 Å². The minimum absolute atomic E-state index is 0.0352. The molecule has 4 rings (SSSR count). The molecule has 0 fully saturated rings. The second-order valence-corrected chi connectivity index (χ2v) is 6.18. The number of rotatable bonds is 4. The lowest BCUT2D eigenvalue weighted by Gasteiger charge is -2.23. The van der Waals surface area contributed by atoms with Gasteiger partial charge in [-0.1, -0.05) is 36.4 Å². The van der Waals surface area contributed by atoms with Crippen LogP contribution in [0.3, 0.4) is 0 Å². The molecule has 0 spiro atoms. The van der Waals surface area contributed by atoms with E-state index in [-0.39, 0.29) is 18.6 Å². The Balaban J connectivity index is 1.47. The second kappa shape index (κ2) is 6.40. The molecule has 1 heterocycles. The van der Waals surface area contributed by atoms with Crippen molar-refractivity contribution in [1.29, 1.82) is 0 Å². The van der Waals surface area contributed by atoms with E-state index in [1.165, 1.54) is 10.9 Å². The van der Waals surface area contributed by atoms with Gasteiger partial charge in [0, 0.05) is 16.6 Å². The van der Waals surface area contributed by atoms with Crippen LogP contribution in [0, 0.1) is 0 Å². The maximum Gasteiger partial charge on any atom is 0.258 e. The van der Waals surface area contributed by atoms with Gasteiger partial charge >= 0.3 is 0 Å². The van der Waals surface area contributed by atoms with Crippen LogP contribution in [-0.2, 0) is 11.2 Å². The zero-order chi connectivity index (χ0) is 16.4. The van der Waals surface area contributed by atoms with Crippen LogP contribution in [0.4, 0.5) is 0 Å². The molecule has 1 atom stereocenters. The summed E-state index contributed by atoms with van der Waals surface area (Å²) >= 11 is 0. The fraction of sp³-hybridized carbons (Fsp3) is 0.250. The highest BCUT2D eigenvalue weighted by molar-refractivity contribution is 5.85. The molecule has 122 valence electrons. The van der Waals surface area contributed by atoms with Crippen LogP contribution in [0.15, 0.2) is 54.6 Å². The maximum absolute atomic E-state index is 12.3. The molecule has 0 unspecified atom stereocenters. The monoisotopic (exact) mass is 320 g/mol. The van der Waals surface area contributed by atoms with Gasteiger partial charge in [0.2, 0.25) is 0 Å². The van der Waals surface area contributed by atoms with Gasteiger partial charge in [0.1, 0.15) is 5.75 Å². The third-order valence-corrected chi connectivity index (χ3v) is 4.56. The average Bonchev–Trinajstić information content (AvgIpc) is 3.01. The number of carbonyl (C=O) groups is 1. The molecule has 0 saturated heterocycles. The van der Waals surface area contributed by atoms with Crippen LogP contribution in [0.25, 0.3) is 10.9 Å². The third-order valence-electron chi connectivity index (χ3n) is 4.56. The fourth-order valence-electron chi connectivity index (χ4n) is 3.46. The Labute approximate surface area is 140 Å². The van der Waals surface area contributed by atoms with Crippen LogP contribution >= 0.6 is 0 Å². The first-order valence-electron chi connectivity index (χ1n) is 8.38. The van der Waals surface area contributed by atoms with Crippen molar-refractivity contribution in [2.24, 2.45) is 0 Å². The summed E-state index contributed by atoms with van der Waals surface area (Å²) in [5.74, 6) is 0.623. The van der Waals surface area contributed by atoms with E-state index in [1.54, 1.807) is 0 Å². The van der Waals surface area contributed by atoms with Crippen molar-refractivity contribution in [3.63, 3.8) is 0 Å². The molecule has 2 aromatic carbocycles. The fourth-order valence-corrected chi connectivity index (χ4v) is 3.46. The summed E-state index contributed by atoms with van der Waals surface area (Å²) in [7, 11) is 0. The summed E-state index contributed by atoms with van der Waals surface area (Å²) < 4.78 is 5.53. The quantitative estimate of drug-likeness (QED) is 0.769. The number of aryl methyl sites for hydroxylation is 1. The summed E-state index contributed by atoms with van der Waals surface area (Å²) in [4.78, 5) is 15.7. The molecule has 4 heteroatoms. The van der Waals surface area contributed by atoms with Crippen LogP contribution in [0.1, 0.15) is 30.1 Å². The van der Waals surface area contributed by atoms with Gasteiger partial charge in [0.25, 0.3) is 5.91 Å². The van der Waals surface area contributed by atoms with Gasteiger partial charge in [-0.2, -0.15) is 0 Å². The molecular weight excluding hydrogens is 300 g/mol. The minimum Gasteiger partial charge on any atom is -0.484 e. The number of amides is 1. The Morgan fingerprint density at radius 1 is 1.12 bits per heavy atom. The van der Waals surface area contributed by atoms with Crippen molar-refractivity contribution in [2.45, 2.75) is 25.3 Å². The zero-order valence-corrected chi connectivity index (χ0v) is 13.4. The standard InChI is InChI=1S/C20H20N2O2/c23-19(13-24-14-7-2-1-3-8-14)21-18-12-6-10-16-15-9-4-5-11-17(15)22-20(16)18/h1-5,7-9,11,18,22H,6,10,12-13H2,(H,21,23)/t18-/m1/s1. The number of fused-ring (bicyclic) bond motifs is 3. The van der Waals surface area contributed by atoms with Gasteiger partial charge in [0.15, 0.2) is 6.61 Å². The van der Waals surface area contributed by atoms with Crippen molar-refractivity contribution in [3.8, 4) is 5.75 Å². The number of carbonyl (C=O) groups excluding carboxylic acids is 1. The second-order valence-electron chi connectivity index (χ2n) is 6.18. The van der Waals surface area contributed by atoms with Crippen LogP contribution in [-0.4, -0.2) is 17.5 Å². The Morgan fingerprint density at radius 2 is 1.92 bits per heavy atom. The number of hydrogen-bond donors (Lipinski definition) is 2. The number of hydrogen-bond acceptors (Lipinski definition) is 2. The molecule has 0 aliphatic heterocycles. The van der Waals surface area contributed by atoms with E-state index < -0.39 is 0 Å². The highest BCUT2D eigenvalue weighted by Crippen LogP contribution is 2.34. The van der Waals surface area contributed by atoms with Crippen LogP contribution < -0.4 is 10.1 Å². The topological polar surface area (TPSA) is 54.1 Å². The van der Waals surface area contributed by atoms with Crippen molar-refractivity contribution >= 4 is 16.8 Å². The predicted molar refractivity (Wildman–Crippen MR) is 94.1 cm³/mol. The lowest BCUT2D eigenvalue weighted by Crippen LogP contribution is -2.34. The lowest BCUT2D eigenvalue weighted by atomic mass is 9.91. The molecule has 0 saturated carbocycles. The molecule has 1 aromatic heterocycles. The molecule has 2 N–H and O–H groups in total. The number of aromatic amines is 1. The van der Waals surface area contributed by atoms with Gasteiger partial charge in [-0.15, -0.1) is 0 Å². The highest BCUT2D eigenvalue weighted by Gasteiger charge is 2.25. The van der Waals surface area contributed by atoms with Crippen molar-refractivity contribution in [3.05, 3.63) is 65.9 Å². The number of H-pyrrole nitrogens is 1. The normalized spacial score (nSPS) is 16.6. The van der Waals surface area contributed by atoms with Crippen molar-refractivity contribution in [1.82, 2.24) is 10.3 Å². The smallest absolute Gasteiger partial charge is 0.258 e. The van der Waals surface area contributed by atoms with Crippen LogP contribution in [0.5, 0.6) is 5.75 Å². The number of nitrogens with one attached hydrogen (secondary N) is 2. The number of para-hydroxylation sites is 2. The Hall–Kier alpha value is -2.75. The number of benzene rings is 2. The maximum atomic E-state index is 12.3. The van der Waals surface area contributed by atoms with E-state index in [4.69, 9.17) is 4.74 Å². The lowest BCUT2D eigenvalue weighted by molar-refractivity contribution is -0.124. The van der Waals surface area contributed by atoms with Gasteiger partial charge in [0.05, 0.1) is 6.04 Å². The molecule has 4 nitrogen and oxygen atoms in total. The first kappa shape index (κ1) is 14.8. The molecule has 3 aromatic rings. The molecule has 0 radical (unpaired) electrons. The Bertz CT molecular complexity index is 854. The van der Waals surface area contributed by atoms with Crippen molar-refractivity contribution < 1.29 is 9.53 Å². The molecule has 1 aliphatic rings. The summed E-state index contributed by atoms with van der Waals surface area (Å²) in [6.07, 6.45) is 3.10. The van der Waals surface area contributed by atoms with E-state index in [0.717, 1.165) is 30.5 Å². The van der Waals surface area contributed by atoms with Crippen LogP contribution in [0.2, 0.25) is 0 Å². The van der Waals surface area contributed by atoms with Crippen molar-refractivity contribution in [2.75, 3.05) is 6.61 Å². The number of aromatic nitrogens is 1. The summed E-state index contributed by atoms with van der Waals surface area (Å²) in [6, 6.07) is 17.8. The Morgan fingerprint density at radius 3 is 2.79 bits per heavy atom. The first-order valence-corrected chi connectivity index (χ1v) is 8.38. The first-order chi connectivity index (χ1) is 11.8. The predicted octanol–water partition coefficient (Wildman–Crippen LogP) is 3.74. The van der Waals surface area contributed by atoms with E-state index in [2.05, 4.69) is 28.5 Å². The average molecular weight is 320 g/mol. The van der Waals surface area contributed by atoms with E-state index in [1.807, 2.05) is 36.4 Å². The van der Waals surface area contributed by atoms with Gasteiger partial charge in [-0.25, -0.2) is 0 Å². The highest BCUT2D eigenvalue weighted by atomic mass is 16.5. The molecule has 1 aliphatic carbocycles. The molecule has 0 bridgehead atoms. The van der Waals surface area contributed by atoms with E-state index >= 15 is 0 Å². The molecule has 1 amide bonds. The third kappa shape index (κ3) is 2.87. The van der Waals surface area contributed by atoms with Gasteiger partial charge < -0.3 is 15.0 Å². The minimum atomic E-state index is -0.0876. The SMILES string of the molecule is O=C(COc1ccccc1)N[C@@H]1CCCc2c1[nH]c1ccccc21. The molecule has 24 heavy (non-hydrogen) atoms. The summed E-state index contributed by atoms with van der Waals surface area (Å²) in [5.41, 5.74) is 3.63. The summed E-state index contributed by atoms with van der Waals surface area (Å²) in [5, 5.41) is 4.38.